The zero-order valence-corrected chi connectivity index (χ0v) is 18.6. The van der Waals surface area contributed by atoms with Gasteiger partial charge < -0.3 is 10.3 Å². The Morgan fingerprint density at radius 1 is 0.969 bits per heavy atom. The minimum atomic E-state index is -0.303. The third-order valence-corrected chi connectivity index (χ3v) is 5.66. The number of aromatic amines is 1. The van der Waals surface area contributed by atoms with Gasteiger partial charge in [0.25, 0.3) is 5.91 Å². The van der Waals surface area contributed by atoms with Crippen molar-refractivity contribution in [2.75, 3.05) is 11.9 Å². The number of benzene rings is 3. The number of fused-ring (bicyclic) bond motifs is 1. The van der Waals surface area contributed by atoms with Crippen LogP contribution in [-0.2, 0) is 12.8 Å². The number of aromatic nitrogens is 1. The molecule has 0 radical (unpaired) electrons. The molecule has 0 bridgehead atoms. The normalized spacial score (nSPS) is 11.5. The first-order valence-corrected chi connectivity index (χ1v) is 11.0. The maximum atomic E-state index is 12.9. The van der Waals surface area contributed by atoms with Crippen LogP contribution >= 0.6 is 11.6 Å². The largest absolute Gasteiger partial charge is 0.361 e. The summed E-state index contributed by atoms with van der Waals surface area (Å²) in [7, 11) is 0. The topological polar surface area (TPSA) is 69.3 Å². The van der Waals surface area contributed by atoms with Gasteiger partial charge in [0.1, 0.15) is 0 Å². The molecule has 5 nitrogen and oxygen atoms in total. The molecule has 0 aliphatic heterocycles. The van der Waals surface area contributed by atoms with Gasteiger partial charge in [-0.25, -0.2) is 0 Å². The van der Waals surface area contributed by atoms with E-state index in [0.29, 0.717) is 23.1 Å². The summed E-state index contributed by atoms with van der Waals surface area (Å²) in [6.07, 6.45) is 3.62. The number of aliphatic imine (C=N–C) groups is 1. The van der Waals surface area contributed by atoms with Crippen molar-refractivity contribution < 1.29 is 4.79 Å². The van der Waals surface area contributed by atoms with Crippen molar-refractivity contribution in [3.8, 4) is 0 Å². The van der Waals surface area contributed by atoms with E-state index in [9.17, 15) is 4.79 Å². The van der Waals surface area contributed by atoms with Crippen LogP contribution in [0.15, 0.2) is 84.0 Å². The molecule has 0 unspecified atom stereocenters. The molecule has 0 saturated heterocycles. The molecule has 0 saturated carbocycles. The number of hydrogen-bond acceptors (Lipinski definition) is 2. The number of nitrogens with zero attached hydrogens (tertiary/aromatic N) is 1. The smallest absolute Gasteiger partial charge is 0.259 e. The number of nitrogens with one attached hydrogen (secondary N) is 3. The fourth-order valence-corrected chi connectivity index (χ4v) is 3.86. The second kappa shape index (κ2) is 10.2. The van der Waals surface area contributed by atoms with Crippen LogP contribution in [0.3, 0.4) is 0 Å². The molecule has 162 valence electrons. The average molecular weight is 445 g/mol. The third-order valence-electron chi connectivity index (χ3n) is 5.33. The van der Waals surface area contributed by atoms with Gasteiger partial charge >= 0.3 is 0 Å². The van der Waals surface area contributed by atoms with Crippen LogP contribution in [0.2, 0.25) is 5.02 Å². The van der Waals surface area contributed by atoms with E-state index in [1.807, 2.05) is 36.5 Å². The predicted octanol–water partition coefficient (Wildman–Crippen LogP) is 5.82. The summed E-state index contributed by atoms with van der Waals surface area (Å²) in [5.41, 5.74) is 4.76. The zero-order chi connectivity index (χ0) is 22.3. The highest BCUT2D eigenvalue weighted by molar-refractivity contribution is 6.34. The lowest BCUT2D eigenvalue weighted by Gasteiger charge is -2.15. The molecule has 3 N–H and O–H groups in total. The number of anilines is 1. The molecule has 1 amide bonds. The zero-order valence-electron chi connectivity index (χ0n) is 17.9. The van der Waals surface area contributed by atoms with Gasteiger partial charge in [0, 0.05) is 29.3 Å². The van der Waals surface area contributed by atoms with Crippen LogP contribution in [0, 0.1) is 0 Å². The number of halogens is 1. The number of rotatable bonds is 6. The van der Waals surface area contributed by atoms with E-state index in [0.717, 1.165) is 29.6 Å². The lowest BCUT2D eigenvalue weighted by molar-refractivity contribution is 0.0977. The minimum Gasteiger partial charge on any atom is -0.361 e. The second-order valence-electron chi connectivity index (χ2n) is 7.41. The van der Waals surface area contributed by atoms with Crippen LogP contribution < -0.4 is 10.6 Å². The molecule has 4 aromatic rings. The number of guanidine groups is 1. The predicted molar refractivity (Wildman–Crippen MR) is 133 cm³/mol. The van der Waals surface area contributed by atoms with Gasteiger partial charge in [-0.2, -0.15) is 0 Å². The van der Waals surface area contributed by atoms with Crippen molar-refractivity contribution in [1.29, 1.82) is 0 Å². The lowest BCUT2D eigenvalue weighted by Crippen LogP contribution is -2.36. The molecule has 4 rings (SSSR count). The number of H-pyrrole nitrogens is 1. The first-order valence-electron chi connectivity index (χ1n) is 10.7. The van der Waals surface area contributed by atoms with E-state index in [1.165, 1.54) is 10.9 Å². The lowest BCUT2D eigenvalue weighted by atomic mass is 10.1. The fraction of sp³-hybridized carbons (Fsp3) is 0.154. The van der Waals surface area contributed by atoms with E-state index < -0.39 is 0 Å². The van der Waals surface area contributed by atoms with Gasteiger partial charge in [0.15, 0.2) is 0 Å². The number of carbonyl (C=O) groups is 1. The summed E-state index contributed by atoms with van der Waals surface area (Å²) in [5, 5.41) is 7.79. The standard InChI is InChI=1S/C26H25ClN4O/c1-2-18-9-3-7-13-23(18)30-26(31-25(32)21-11-4-6-12-22(21)27)28-16-15-19-17-29-24-14-8-5-10-20(19)24/h3-14,17,29H,2,15-16H2,1H3,(H2,28,30,31,32). The van der Waals surface area contributed by atoms with Crippen LogP contribution in [-0.4, -0.2) is 23.4 Å². The number of hydrogen-bond donors (Lipinski definition) is 3. The molecule has 0 atom stereocenters. The van der Waals surface area contributed by atoms with Crippen LogP contribution in [0.4, 0.5) is 5.69 Å². The van der Waals surface area contributed by atoms with Gasteiger partial charge in [-0.15, -0.1) is 0 Å². The quantitative estimate of drug-likeness (QED) is 0.259. The van der Waals surface area contributed by atoms with Crippen molar-refractivity contribution >= 4 is 40.1 Å². The summed E-state index contributed by atoms with van der Waals surface area (Å²) in [6, 6.07) is 23.2. The summed E-state index contributed by atoms with van der Waals surface area (Å²) < 4.78 is 0. The van der Waals surface area contributed by atoms with Crippen molar-refractivity contribution in [1.82, 2.24) is 10.3 Å². The molecule has 32 heavy (non-hydrogen) atoms. The van der Waals surface area contributed by atoms with Gasteiger partial charge in [-0.1, -0.05) is 67.1 Å². The van der Waals surface area contributed by atoms with Gasteiger partial charge in [0.2, 0.25) is 5.96 Å². The second-order valence-corrected chi connectivity index (χ2v) is 7.82. The Kier molecular flexibility index (Phi) is 6.87. The van der Waals surface area contributed by atoms with Crippen LogP contribution in [0.25, 0.3) is 10.9 Å². The maximum absolute atomic E-state index is 12.9. The minimum absolute atomic E-state index is 0.303. The summed E-state index contributed by atoms with van der Waals surface area (Å²) in [6.45, 7) is 2.61. The summed E-state index contributed by atoms with van der Waals surface area (Å²) in [5.74, 6) is 0.0959. The Morgan fingerprint density at radius 3 is 2.56 bits per heavy atom. The Morgan fingerprint density at radius 2 is 1.72 bits per heavy atom. The number of aryl methyl sites for hydroxylation is 1. The van der Waals surface area contributed by atoms with E-state index in [4.69, 9.17) is 11.6 Å². The van der Waals surface area contributed by atoms with Crippen LogP contribution in [0.1, 0.15) is 28.4 Å². The molecule has 0 aliphatic carbocycles. The van der Waals surface area contributed by atoms with E-state index in [2.05, 4.69) is 45.7 Å². The first kappa shape index (κ1) is 21.7. The maximum Gasteiger partial charge on any atom is 0.259 e. The van der Waals surface area contributed by atoms with Crippen molar-refractivity contribution in [3.63, 3.8) is 0 Å². The number of amides is 1. The highest BCUT2D eigenvalue weighted by Crippen LogP contribution is 2.19. The molecular weight excluding hydrogens is 420 g/mol. The van der Waals surface area contributed by atoms with E-state index >= 15 is 0 Å². The molecule has 0 fully saturated rings. The van der Waals surface area contributed by atoms with E-state index in [1.54, 1.807) is 24.3 Å². The van der Waals surface area contributed by atoms with Gasteiger partial charge in [0.05, 0.1) is 10.6 Å². The highest BCUT2D eigenvalue weighted by Gasteiger charge is 2.13. The van der Waals surface area contributed by atoms with E-state index in [-0.39, 0.29) is 5.91 Å². The Bertz CT molecular complexity index is 1260. The fourth-order valence-electron chi connectivity index (χ4n) is 3.64. The molecular formula is C26H25ClN4O. The Hall–Kier alpha value is -3.57. The Balaban J connectivity index is 1.56. The van der Waals surface area contributed by atoms with Gasteiger partial charge in [-0.05, 0) is 48.2 Å². The third kappa shape index (κ3) is 5.01. The van der Waals surface area contributed by atoms with Crippen LogP contribution in [0.5, 0.6) is 0 Å². The molecule has 0 aliphatic rings. The number of carbonyl (C=O) groups excluding carboxylic acids is 1. The first-order chi connectivity index (χ1) is 15.7. The molecule has 1 aromatic heterocycles. The monoisotopic (exact) mass is 444 g/mol. The Labute approximate surface area is 192 Å². The van der Waals surface area contributed by atoms with Crippen molar-refractivity contribution in [2.45, 2.75) is 19.8 Å². The van der Waals surface area contributed by atoms with Crippen molar-refractivity contribution in [3.05, 3.63) is 101 Å². The van der Waals surface area contributed by atoms with Crippen molar-refractivity contribution in [2.24, 2.45) is 4.99 Å². The molecule has 1 heterocycles. The molecule has 3 aromatic carbocycles. The molecule has 6 heteroatoms. The number of para-hydroxylation sites is 2. The molecule has 0 spiro atoms. The SMILES string of the molecule is CCc1ccccc1NC(=NCCc1c[nH]c2ccccc12)NC(=O)c1ccccc1Cl. The summed E-state index contributed by atoms with van der Waals surface area (Å²) in [4.78, 5) is 20.8. The highest BCUT2D eigenvalue weighted by atomic mass is 35.5. The summed E-state index contributed by atoms with van der Waals surface area (Å²) >= 11 is 6.21. The van der Waals surface area contributed by atoms with Gasteiger partial charge in [-0.3, -0.25) is 15.1 Å². The average Bonchev–Trinajstić information content (AvgIpc) is 3.22.